The minimum atomic E-state index is 0.676. The van der Waals surface area contributed by atoms with Crippen molar-refractivity contribution in [1.82, 2.24) is 0 Å². The molecule has 100 valence electrons. The molecule has 0 saturated carbocycles. The summed E-state index contributed by atoms with van der Waals surface area (Å²) in [7, 11) is 1.69. The van der Waals surface area contributed by atoms with Crippen LogP contribution in [0.15, 0.2) is 52.3 Å². The number of nitrogens with two attached hydrogens (primary N) is 1. The van der Waals surface area contributed by atoms with Crippen molar-refractivity contribution in [3.63, 3.8) is 0 Å². The molecule has 2 aromatic carbocycles. The van der Waals surface area contributed by atoms with Crippen LogP contribution in [0.3, 0.4) is 0 Å². The Balaban J connectivity index is 2.26. The first-order valence-corrected chi connectivity index (χ1v) is 7.16. The number of benzene rings is 2. The van der Waals surface area contributed by atoms with Gasteiger partial charge in [0.25, 0.3) is 0 Å². The lowest BCUT2D eigenvalue weighted by atomic mass is 10.1. The topological polar surface area (TPSA) is 35.2 Å². The Bertz CT molecular complexity index is 554. The molecule has 2 N–H and O–H groups in total. The molecule has 0 atom stereocenters. The van der Waals surface area contributed by atoms with E-state index >= 15 is 0 Å². The van der Waals surface area contributed by atoms with E-state index in [1.54, 1.807) is 18.9 Å². The molecule has 2 aromatic rings. The van der Waals surface area contributed by atoms with Gasteiger partial charge < -0.3 is 10.5 Å². The monoisotopic (exact) mass is 273 g/mol. The van der Waals surface area contributed by atoms with E-state index in [0.717, 1.165) is 12.2 Å². The molecule has 0 aliphatic rings. The number of ether oxygens (including phenoxy) is 1. The second-order valence-electron chi connectivity index (χ2n) is 4.43. The maximum Gasteiger partial charge on any atom is 0.119 e. The smallest absolute Gasteiger partial charge is 0.119 e. The minimum absolute atomic E-state index is 0.676. The van der Waals surface area contributed by atoms with Crippen LogP contribution in [-0.2, 0) is 6.42 Å². The molecule has 0 amide bonds. The van der Waals surface area contributed by atoms with Crippen molar-refractivity contribution in [2.45, 2.75) is 23.1 Å². The van der Waals surface area contributed by atoms with E-state index in [4.69, 9.17) is 10.5 Å². The van der Waals surface area contributed by atoms with E-state index in [1.807, 2.05) is 12.1 Å². The van der Waals surface area contributed by atoms with Gasteiger partial charge in [-0.1, -0.05) is 35.5 Å². The molecule has 0 aliphatic carbocycles. The molecule has 0 aromatic heterocycles. The third kappa shape index (κ3) is 3.75. The standard InChI is InChI=1S/C16H19NOS/c1-12-6-7-16(13(10-12)8-9-17)19-15-5-3-4-14(11-15)18-2/h3-7,10-11H,8-9,17H2,1-2H3. The molecule has 0 fully saturated rings. The zero-order valence-electron chi connectivity index (χ0n) is 11.3. The molecule has 2 nitrogen and oxygen atoms in total. The number of hydrogen-bond acceptors (Lipinski definition) is 3. The molecule has 0 heterocycles. The SMILES string of the molecule is COc1cccc(Sc2ccc(C)cc2CCN)c1. The van der Waals surface area contributed by atoms with Gasteiger partial charge >= 0.3 is 0 Å². The summed E-state index contributed by atoms with van der Waals surface area (Å²) < 4.78 is 5.26. The minimum Gasteiger partial charge on any atom is -0.497 e. The summed E-state index contributed by atoms with van der Waals surface area (Å²) in [6.07, 6.45) is 0.911. The Morgan fingerprint density at radius 3 is 2.74 bits per heavy atom. The maximum atomic E-state index is 5.69. The Morgan fingerprint density at radius 1 is 1.16 bits per heavy atom. The molecular weight excluding hydrogens is 254 g/mol. The number of hydrogen-bond donors (Lipinski definition) is 1. The van der Waals surface area contributed by atoms with Gasteiger partial charge in [0.05, 0.1) is 7.11 Å². The predicted octanol–water partition coefficient (Wildman–Crippen LogP) is 3.66. The van der Waals surface area contributed by atoms with Gasteiger partial charge in [0.1, 0.15) is 5.75 Å². The number of aryl methyl sites for hydroxylation is 1. The largest absolute Gasteiger partial charge is 0.497 e. The third-order valence-corrected chi connectivity index (χ3v) is 4.01. The van der Waals surface area contributed by atoms with Gasteiger partial charge in [0.2, 0.25) is 0 Å². The van der Waals surface area contributed by atoms with Gasteiger partial charge in [-0.05, 0) is 49.7 Å². The summed E-state index contributed by atoms with van der Waals surface area (Å²) in [5.41, 5.74) is 8.28. The van der Waals surface area contributed by atoms with E-state index < -0.39 is 0 Å². The highest BCUT2D eigenvalue weighted by Crippen LogP contribution is 2.32. The molecule has 3 heteroatoms. The van der Waals surface area contributed by atoms with Gasteiger partial charge in [-0.2, -0.15) is 0 Å². The lowest BCUT2D eigenvalue weighted by Crippen LogP contribution is -2.04. The highest BCUT2D eigenvalue weighted by molar-refractivity contribution is 7.99. The molecule has 0 saturated heterocycles. The van der Waals surface area contributed by atoms with Crippen LogP contribution in [0.4, 0.5) is 0 Å². The molecule has 0 unspecified atom stereocenters. The van der Waals surface area contributed by atoms with Gasteiger partial charge in [0, 0.05) is 9.79 Å². The molecule has 0 radical (unpaired) electrons. The first kappa shape index (κ1) is 14.0. The van der Waals surface area contributed by atoms with E-state index in [-0.39, 0.29) is 0 Å². The summed E-state index contributed by atoms with van der Waals surface area (Å²) in [6, 6.07) is 14.6. The fourth-order valence-electron chi connectivity index (χ4n) is 1.95. The van der Waals surface area contributed by atoms with Crippen LogP contribution in [0.5, 0.6) is 5.75 Å². The van der Waals surface area contributed by atoms with Crippen molar-refractivity contribution in [3.8, 4) is 5.75 Å². The summed E-state index contributed by atoms with van der Waals surface area (Å²) >= 11 is 1.76. The van der Waals surface area contributed by atoms with Gasteiger partial charge in [-0.3, -0.25) is 0 Å². The maximum absolute atomic E-state index is 5.69. The van der Waals surface area contributed by atoms with Gasteiger partial charge in [-0.15, -0.1) is 0 Å². The second-order valence-corrected chi connectivity index (χ2v) is 5.55. The van der Waals surface area contributed by atoms with Crippen LogP contribution in [0, 0.1) is 6.92 Å². The van der Waals surface area contributed by atoms with E-state index in [2.05, 4.69) is 37.3 Å². The molecule has 0 bridgehead atoms. The molecule has 19 heavy (non-hydrogen) atoms. The number of methoxy groups -OCH3 is 1. The second kappa shape index (κ2) is 6.64. The van der Waals surface area contributed by atoms with Gasteiger partial charge in [-0.25, -0.2) is 0 Å². The van der Waals surface area contributed by atoms with Crippen LogP contribution < -0.4 is 10.5 Å². The van der Waals surface area contributed by atoms with Crippen molar-refractivity contribution >= 4 is 11.8 Å². The zero-order chi connectivity index (χ0) is 13.7. The Labute approximate surface area is 119 Å². The normalized spacial score (nSPS) is 10.5. The molecule has 2 rings (SSSR count). The predicted molar refractivity (Wildman–Crippen MR) is 81.1 cm³/mol. The van der Waals surface area contributed by atoms with Gasteiger partial charge in [0.15, 0.2) is 0 Å². The molecular formula is C16H19NOS. The first-order valence-electron chi connectivity index (χ1n) is 6.34. The van der Waals surface area contributed by atoms with Crippen molar-refractivity contribution in [2.24, 2.45) is 5.73 Å². The lowest BCUT2D eigenvalue weighted by Gasteiger charge is -2.10. The average molecular weight is 273 g/mol. The van der Waals surface area contributed by atoms with Crippen LogP contribution in [0.25, 0.3) is 0 Å². The average Bonchev–Trinajstić information content (AvgIpc) is 2.42. The lowest BCUT2D eigenvalue weighted by molar-refractivity contribution is 0.413. The summed E-state index contributed by atoms with van der Waals surface area (Å²) in [4.78, 5) is 2.45. The fourth-order valence-corrected chi connectivity index (χ4v) is 2.95. The third-order valence-electron chi connectivity index (χ3n) is 2.90. The molecule has 0 aliphatic heterocycles. The highest BCUT2D eigenvalue weighted by Gasteiger charge is 2.05. The van der Waals surface area contributed by atoms with Crippen LogP contribution >= 0.6 is 11.8 Å². The van der Waals surface area contributed by atoms with Crippen LogP contribution in [-0.4, -0.2) is 13.7 Å². The van der Waals surface area contributed by atoms with Crippen molar-refractivity contribution < 1.29 is 4.74 Å². The van der Waals surface area contributed by atoms with Crippen molar-refractivity contribution in [3.05, 3.63) is 53.6 Å². The van der Waals surface area contributed by atoms with E-state index in [9.17, 15) is 0 Å². The highest BCUT2D eigenvalue weighted by atomic mass is 32.2. The summed E-state index contributed by atoms with van der Waals surface area (Å²) in [5.74, 6) is 0.887. The Kier molecular flexibility index (Phi) is 4.88. The summed E-state index contributed by atoms with van der Waals surface area (Å²) in [5, 5.41) is 0. The van der Waals surface area contributed by atoms with Crippen molar-refractivity contribution in [1.29, 1.82) is 0 Å². The fraction of sp³-hybridized carbons (Fsp3) is 0.250. The van der Waals surface area contributed by atoms with E-state index in [0.29, 0.717) is 6.54 Å². The Morgan fingerprint density at radius 2 is 2.00 bits per heavy atom. The Hall–Kier alpha value is -1.45. The van der Waals surface area contributed by atoms with E-state index in [1.165, 1.54) is 20.9 Å². The first-order chi connectivity index (χ1) is 9.22. The van der Waals surface area contributed by atoms with Crippen molar-refractivity contribution in [2.75, 3.05) is 13.7 Å². The number of rotatable bonds is 5. The van der Waals surface area contributed by atoms with Crippen LogP contribution in [0.2, 0.25) is 0 Å². The quantitative estimate of drug-likeness (QED) is 0.903. The molecule has 0 spiro atoms. The zero-order valence-corrected chi connectivity index (χ0v) is 12.2. The van der Waals surface area contributed by atoms with Crippen LogP contribution in [0.1, 0.15) is 11.1 Å². The summed E-state index contributed by atoms with van der Waals surface area (Å²) in [6.45, 7) is 2.79.